The van der Waals surface area contributed by atoms with E-state index in [1.54, 1.807) is 19.2 Å². The molecule has 1 aromatic heterocycles. The first-order valence-electron chi connectivity index (χ1n) is 9.83. The molecule has 2 aliphatic heterocycles. The Kier molecular flexibility index (Phi) is 4.70. The van der Waals surface area contributed by atoms with Gasteiger partial charge in [-0.15, -0.1) is 5.10 Å². The molecule has 0 saturated heterocycles. The second-order valence-electron chi connectivity index (χ2n) is 7.43. The van der Waals surface area contributed by atoms with E-state index < -0.39 is 11.9 Å². The second kappa shape index (κ2) is 7.67. The number of fused-ring (bicyclic) bond motifs is 2. The van der Waals surface area contributed by atoms with Crippen LogP contribution in [0.3, 0.4) is 0 Å². The zero-order valence-electron chi connectivity index (χ0n) is 16.7. The molecule has 0 unspecified atom stereocenters. The van der Waals surface area contributed by atoms with Gasteiger partial charge in [0.15, 0.2) is 12.0 Å². The minimum Gasteiger partial charge on any atom is -0.489 e. The number of benzene rings is 2. The third-order valence-corrected chi connectivity index (χ3v) is 5.31. The van der Waals surface area contributed by atoms with Crippen LogP contribution in [0, 0.1) is 0 Å². The van der Waals surface area contributed by atoms with Crippen LogP contribution in [0.25, 0.3) is 11.1 Å². The van der Waals surface area contributed by atoms with E-state index in [4.69, 9.17) is 9.15 Å². The van der Waals surface area contributed by atoms with Gasteiger partial charge in [0.25, 0.3) is 11.8 Å². The third-order valence-electron chi connectivity index (χ3n) is 5.31. The molecule has 9 heteroatoms. The highest BCUT2D eigenvalue weighted by atomic mass is 16.5. The van der Waals surface area contributed by atoms with Crippen LogP contribution in [0.1, 0.15) is 12.0 Å². The maximum absolute atomic E-state index is 13.0. The van der Waals surface area contributed by atoms with E-state index in [0.29, 0.717) is 35.4 Å². The number of aromatic nitrogens is 1. The van der Waals surface area contributed by atoms with Crippen LogP contribution < -0.4 is 15.0 Å². The van der Waals surface area contributed by atoms with Gasteiger partial charge in [0.1, 0.15) is 29.6 Å². The zero-order valence-corrected chi connectivity index (χ0v) is 16.7. The van der Waals surface area contributed by atoms with Crippen LogP contribution in [0.15, 0.2) is 63.5 Å². The van der Waals surface area contributed by atoms with Gasteiger partial charge in [-0.2, -0.15) is 5.10 Å². The number of rotatable bonds is 4. The number of amides is 2. The van der Waals surface area contributed by atoms with Crippen molar-refractivity contribution in [2.45, 2.75) is 18.9 Å². The van der Waals surface area contributed by atoms with Gasteiger partial charge in [0.2, 0.25) is 0 Å². The van der Waals surface area contributed by atoms with E-state index in [1.165, 1.54) is 11.3 Å². The predicted octanol–water partition coefficient (Wildman–Crippen LogP) is 2.11. The zero-order chi connectivity index (χ0) is 21.4. The largest absolute Gasteiger partial charge is 0.489 e. The summed E-state index contributed by atoms with van der Waals surface area (Å²) in [5.74, 6) is -0.231. The maximum atomic E-state index is 13.0. The van der Waals surface area contributed by atoms with Gasteiger partial charge in [-0.05, 0) is 11.6 Å². The molecule has 9 nitrogen and oxygen atoms in total. The van der Waals surface area contributed by atoms with Crippen molar-refractivity contribution in [1.29, 1.82) is 0 Å². The number of likely N-dealkylation sites (N-methyl/N-ethyl adjacent to an activating group) is 1. The van der Waals surface area contributed by atoms with E-state index in [-0.39, 0.29) is 18.2 Å². The number of nitrogens with zero attached hydrogens (tertiary/aromatic N) is 4. The Bertz CT molecular complexity index is 1230. The number of carbonyl (C=O) groups excluding carboxylic acids is 2. The lowest BCUT2D eigenvalue weighted by molar-refractivity contribution is -0.124. The molecule has 1 N–H and O–H groups in total. The SMILES string of the molecule is CN1C(=O)[C@@H](NC(=O)C2=NN=C(Cc3ccccc3)C2)COc2cc3ocnc3cc21. The van der Waals surface area contributed by atoms with Crippen LogP contribution >= 0.6 is 0 Å². The third kappa shape index (κ3) is 3.65. The van der Waals surface area contributed by atoms with Crippen molar-refractivity contribution in [3.63, 3.8) is 0 Å². The molecule has 0 spiro atoms. The Morgan fingerprint density at radius 2 is 2.06 bits per heavy atom. The first-order chi connectivity index (χ1) is 15.1. The van der Waals surface area contributed by atoms with Crippen LogP contribution in [-0.4, -0.2) is 47.9 Å². The highest BCUT2D eigenvalue weighted by molar-refractivity contribution is 6.43. The topological polar surface area (TPSA) is 109 Å². The number of ether oxygens (including phenoxy) is 1. The van der Waals surface area contributed by atoms with E-state index in [0.717, 1.165) is 11.3 Å². The van der Waals surface area contributed by atoms with Crippen molar-refractivity contribution in [2.24, 2.45) is 10.2 Å². The fourth-order valence-electron chi connectivity index (χ4n) is 3.64. The van der Waals surface area contributed by atoms with Crippen LogP contribution in [0.4, 0.5) is 5.69 Å². The molecule has 0 fully saturated rings. The highest BCUT2D eigenvalue weighted by Crippen LogP contribution is 2.34. The van der Waals surface area contributed by atoms with Crippen molar-refractivity contribution in [1.82, 2.24) is 10.3 Å². The Balaban J connectivity index is 1.25. The van der Waals surface area contributed by atoms with Crippen LogP contribution in [0.2, 0.25) is 0 Å². The molecule has 1 atom stereocenters. The average molecular weight is 417 g/mol. The van der Waals surface area contributed by atoms with Gasteiger partial charge in [0.05, 0.1) is 11.4 Å². The van der Waals surface area contributed by atoms with E-state index >= 15 is 0 Å². The molecule has 0 bridgehead atoms. The number of anilines is 1. The summed E-state index contributed by atoms with van der Waals surface area (Å²) in [6.45, 7) is -0.00737. The van der Waals surface area contributed by atoms with Crippen molar-refractivity contribution < 1.29 is 18.7 Å². The molecule has 5 rings (SSSR count). The lowest BCUT2D eigenvalue weighted by atomic mass is 10.0. The van der Waals surface area contributed by atoms with Crippen LogP contribution in [-0.2, 0) is 16.0 Å². The summed E-state index contributed by atoms with van der Waals surface area (Å²) in [5, 5.41) is 10.9. The van der Waals surface area contributed by atoms with Gasteiger partial charge < -0.3 is 19.4 Å². The standard InChI is InChI=1S/C22H19N5O4/c1-27-18-9-15-19(31-12-23-15)10-20(18)30-11-17(22(27)29)24-21(28)16-8-14(25-26-16)7-13-5-3-2-4-6-13/h2-6,9-10,12,17H,7-8,11H2,1H3,(H,24,28)/t17-/m0/s1. The van der Waals surface area contributed by atoms with Crippen molar-refractivity contribution in [2.75, 3.05) is 18.6 Å². The molecule has 2 aliphatic rings. The van der Waals surface area contributed by atoms with Crippen molar-refractivity contribution >= 4 is 40.0 Å². The fourth-order valence-corrected chi connectivity index (χ4v) is 3.64. The average Bonchev–Trinajstić information content (AvgIpc) is 3.42. The maximum Gasteiger partial charge on any atom is 0.268 e. The van der Waals surface area contributed by atoms with Gasteiger partial charge >= 0.3 is 0 Å². The molecule has 31 heavy (non-hydrogen) atoms. The van der Waals surface area contributed by atoms with Gasteiger partial charge in [-0.25, -0.2) is 4.98 Å². The van der Waals surface area contributed by atoms with E-state index in [1.807, 2.05) is 30.3 Å². The number of oxazole rings is 1. The molecule has 0 aliphatic carbocycles. The number of carbonyl (C=O) groups is 2. The molecule has 0 saturated carbocycles. The molecule has 2 amide bonds. The number of nitrogens with one attached hydrogen (secondary N) is 1. The summed E-state index contributed by atoms with van der Waals surface area (Å²) in [6, 6.07) is 12.4. The first-order valence-corrected chi connectivity index (χ1v) is 9.83. The molecule has 2 aromatic carbocycles. The van der Waals surface area contributed by atoms with Crippen molar-refractivity contribution in [3.8, 4) is 5.75 Å². The molecule has 0 radical (unpaired) electrons. The Labute approximate surface area is 177 Å². The van der Waals surface area contributed by atoms with Crippen LogP contribution in [0.5, 0.6) is 5.75 Å². The van der Waals surface area contributed by atoms with E-state index in [9.17, 15) is 9.59 Å². The Hall–Kier alpha value is -4.01. The van der Waals surface area contributed by atoms with Crippen molar-refractivity contribution in [3.05, 3.63) is 54.4 Å². The Morgan fingerprint density at radius 3 is 2.90 bits per heavy atom. The van der Waals surface area contributed by atoms with Gasteiger partial charge in [-0.3, -0.25) is 9.59 Å². The van der Waals surface area contributed by atoms with Gasteiger partial charge in [0, 0.05) is 26.0 Å². The summed E-state index contributed by atoms with van der Waals surface area (Å²) in [6.07, 6.45) is 2.31. The molecule has 156 valence electrons. The van der Waals surface area contributed by atoms with E-state index in [2.05, 4.69) is 20.5 Å². The minimum atomic E-state index is -0.856. The lowest BCUT2D eigenvalue weighted by Gasteiger charge is -2.20. The molecule has 3 aromatic rings. The summed E-state index contributed by atoms with van der Waals surface area (Å²) in [7, 11) is 1.63. The summed E-state index contributed by atoms with van der Waals surface area (Å²) < 4.78 is 11.1. The predicted molar refractivity (Wildman–Crippen MR) is 114 cm³/mol. The molecular formula is C22H19N5O4. The number of hydrogen-bond acceptors (Lipinski definition) is 7. The fraction of sp³-hybridized carbons (Fsp3) is 0.227. The lowest BCUT2D eigenvalue weighted by Crippen LogP contribution is -2.51. The van der Waals surface area contributed by atoms with Gasteiger partial charge in [-0.1, -0.05) is 30.3 Å². The monoisotopic (exact) mass is 417 g/mol. The molecule has 3 heterocycles. The summed E-state index contributed by atoms with van der Waals surface area (Å²) in [5.41, 5.74) is 3.93. The number of hydrogen-bond donors (Lipinski definition) is 1. The first kappa shape index (κ1) is 19.0. The highest BCUT2D eigenvalue weighted by Gasteiger charge is 2.33. The minimum absolute atomic E-state index is 0.00737. The normalized spacial score (nSPS) is 18.2. The second-order valence-corrected chi connectivity index (χ2v) is 7.43. The summed E-state index contributed by atoms with van der Waals surface area (Å²) >= 11 is 0. The smallest absolute Gasteiger partial charge is 0.268 e. The summed E-state index contributed by atoms with van der Waals surface area (Å²) in [4.78, 5) is 31.3. The molecular weight excluding hydrogens is 398 g/mol. The Morgan fingerprint density at radius 1 is 1.23 bits per heavy atom. The quantitative estimate of drug-likeness (QED) is 0.699.